The van der Waals surface area contributed by atoms with E-state index in [1.165, 1.54) is 0 Å². The van der Waals surface area contributed by atoms with Crippen molar-refractivity contribution in [2.24, 2.45) is 7.05 Å². The van der Waals surface area contributed by atoms with Crippen molar-refractivity contribution in [3.8, 4) is 11.3 Å². The topological polar surface area (TPSA) is 80.8 Å². The van der Waals surface area contributed by atoms with Gasteiger partial charge in [-0.1, -0.05) is 30.3 Å². The molecule has 0 saturated carbocycles. The quantitative estimate of drug-likeness (QED) is 0.494. The number of ether oxygens (including phenoxy) is 1. The van der Waals surface area contributed by atoms with Crippen LogP contribution in [0.5, 0.6) is 0 Å². The molecule has 1 amide bonds. The molecule has 1 unspecified atom stereocenters. The van der Waals surface area contributed by atoms with Gasteiger partial charge >= 0.3 is 6.09 Å². The molecule has 4 heterocycles. The smallest absolute Gasteiger partial charge is 0.410 e. The summed E-state index contributed by atoms with van der Waals surface area (Å²) in [7, 11) is 1.88. The second-order valence-electron chi connectivity index (χ2n) is 7.94. The number of fused-ring (bicyclic) bond motifs is 1. The molecule has 164 valence electrons. The SMILES string of the molecule is CC(OC(=O)N1CCN(c2cnn3nc(-c4cnn(C)c4)ccc23)CC1)c1ccccc1. The highest BCUT2D eigenvalue weighted by molar-refractivity contribution is 5.74. The fraction of sp³-hybridized carbons (Fsp3) is 0.304. The summed E-state index contributed by atoms with van der Waals surface area (Å²) in [6.45, 7) is 4.51. The second kappa shape index (κ2) is 8.33. The van der Waals surface area contributed by atoms with Gasteiger partial charge in [0.2, 0.25) is 0 Å². The monoisotopic (exact) mass is 431 g/mol. The molecule has 0 bridgehead atoms. The van der Waals surface area contributed by atoms with Crippen LogP contribution in [0.15, 0.2) is 61.1 Å². The highest BCUT2D eigenvalue weighted by Crippen LogP contribution is 2.25. The van der Waals surface area contributed by atoms with E-state index in [0.717, 1.165) is 28.0 Å². The summed E-state index contributed by atoms with van der Waals surface area (Å²) in [5, 5.41) is 13.3. The molecule has 9 nitrogen and oxygen atoms in total. The van der Waals surface area contributed by atoms with Crippen molar-refractivity contribution in [2.75, 3.05) is 31.1 Å². The van der Waals surface area contributed by atoms with Crippen LogP contribution in [0.4, 0.5) is 10.5 Å². The maximum Gasteiger partial charge on any atom is 0.410 e. The molecule has 1 aliphatic rings. The van der Waals surface area contributed by atoms with Crippen LogP contribution in [-0.2, 0) is 11.8 Å². The highest BCUT2D eigenvalue weighted by Gasteiger charge is 2.25. The van der Waals surface area contributed by atoms with E-state index in [4.69, 9.17) is 4.74 Å². The largest absolute Gasteiger partial charge is 0.442 e. The standard InChI is InChI=1S/C23H25N7O2/c1-17(18-6-4-3-5-7-18)32-23(31)29-12-10-28(11-13-29)22-15-25-30-21(22)9-8-20(26-30)19-14-24-27(2)16-19/h3-9,14-17H,10-13H2,1-2H3. The molecule has 0 N–H and O–H groups in total. The zero-order valence-corrected chi connectivity index (χ0v) is 18.1. The van der Waals surface area contributed by atoms with Crippen LogP contribution >= 0.6 is 0 Å². The van der Waals surface area contributed by atoms with Crippen LogP contribution in [0.3, 0.4) is 0 Å². The van der Waals surface area contributed by atoms with Crippen molar-refractivity contribution in [2.45, 2.75) is 13.0 Å². The van der Waals surface area contributed by atoms with Gasteiger partial charge in [-0.05, 0) is 24.6 Å². The lowest BCUT2D eigenvalue weighted by Crippen LogP contribution is -2.49. The van der Waals surface area contributed by atoms with Crippen molar-refractivity contribution < 1.29 is 9.53 Å². The Kier molecular flexibility index (Phi) is 5.22. The summed E-state index contributed by atoms with van der Waals surface area (Å²) in [4.78, 5) is 16.6. The first kappa shape index (κ1) is 20.0. The molecule has 0 radical (unpaired) electrons. The number of nitrogens with zero attached hydrogens (tertiary/aromatic N) is 7. The molecule has 1 aromatic carbocycles. The van der Waals surface area contributed by atoms with Gasteiger partial charge < -0.3 is 14.5 Å². The van der Waals surface area contributed by atoms with Crippen molar-refractivity contribution >= 4 is 17.3 Å². The maximum absolute atomic E-state index is 12.6. The summed E-state index contributed by atoms with van der Waals surface area (Å²) < 4.78 is 9.07. The molecule has 3 aromatic heterocycles. The third-order valence-corrected chi connectivity index (χ3v) is 5.79. The van der Waals surface area contributed by atoms with Gasteiger partial charge in [0.1, 0.15) is 11.6 Å². The van der Waals surface area contributed by atoms with E-state index in [0.29, 0.717) is 26.2 Å². The van der Waals surface area contributed by atoms with E-state index in [1.807, 2.05) is 68.8 Å². The molecule has 1 atom stereocenters. The second-order valence-corrected chi connectivity index (χ2v) is 7.94. The third-order valence-electron chi connectivity index (χ3n) is 5.79. The first-order valence-electron chi connectivity index (χ1n) is 10.7. The van der Waals surface area contributed by atoms with Crippen molar-refractivity contribution in [1.29, 1.82) is 0 Å². The number of carbonyl (C=O) groups is 1. The molecule has 1 fully saturated rings. The maximum atomic E-state index is 12.6. The van der Waals surface area contributed by atoms with Crippen LogP contribution in [0.25, 0.3) is 16.8 Å². The Hall–Kier alpha value is -3.88. The Morgan fingerprint density at radius 1 is 1.00 bits per heavy atom. The number of benzene rings is 1. The number of hydrogen-bond donors (Lipinski definition) is 0. The Morgan fingerprint density at radius 2 is 1.78 bits per heavy atom. The van der Waals surface area contributed by atoms with E-state index >= 15 is 0 Å². The van der Waals surface area contributed by atoms with E-state index in [1.54, 1.807) is 20.4 Å². The predicted octanol–water partition coefficient (Wildman–Crippen LogP) is 3.15. The minimum Gasteiger partial charge on any atom is -0.442 e. The molecular formula is C23H25N7O2. The van der Waals surface area contributed by atoms with E-state index < -0.39 is 0 Å². The Labute approximate surface area is 185 Å². The minimum absolute atomic E-state index is 0.274. The first-order chi connectivity index (χ1) is 15.6. The van der Waals surface area contributed by atoms with Crippen LogP contribution in [0, 0.1) is 0 Å². The van der Waals surface area contributed by atoms with Crippen LogP contribution in [0.1, 0.15) is 18.6 Å². The summed E-state index contributed by atoms with van der Waals surface area (Å²) in [5.74, 6) is 0. The van der Waals surface area contributed by atoms with Crippen molar-refractivity contribution in [3.63, 3.8) is 0 Å². The minimum atomic E-state index is -0.276. The predicted molar refractivity (Wildman–Crippen MR) is 120 cm³/mol. The fourth-order valence-corrected chi connectivity index (χ4v) is 3.96. The van der Waals surface area contributed by atoms with E-state index in [2.05, 4.69) is 20.2 Å². The lowest BCUT2D eigenvalue weighted by Gasteiger charge is -2.35. The summed E-state index contributed by atoms with van der Waals surface area (Å²) in [5.41, 5.74) is 4.71. The average Bonchev–Trinajstić information content (AvgIpc) is 3.45. The number of amides is 1. The van der Waals surface area contributed by atoms with Crippen LogP contribution < -0.4 is 4.90 Å². The zero-order valence-electron chi connectivity index (χ0n) is 18.1. The summed E-state index contributed by atoms with van der Waals surface area (Å²) in [6, 6.07) is 13.8. The molecule has 0 spiro atoms. The number of aromatic nitrogens is 5. The number of piperazine rings is 1. The highest BCUT2D eigenvalue weighted by atomic mass is 16.6. The van der Waals surface area contributed by atoms with E-state index in [-0.39, 0.29) is 12.2 Å². The molecular weight excluding hydrogens is 406 g/mol. The third kappa shape index (κ3) is 3.89. The van der Waals surface area contributed by atoms with Crippen molar-refractivity contribution in [3.05, 3.63) is 66.6 Å². The lowest BCUT2D eigenvalue weighted by atomic mass is 10.1. The average molecular weight is 432 g/mol. The van der Waals surface area contributed by atoms with Gasteiger partial charge in [-0.15, -0.1) is 9.73 Å². The number of rotatable bonds is 4. The Bertz CT molecular complexity index is 1230. The lowest BCUT2D eigenvalue weighted by molar-refractivity contribution is 0.0681. The first-order valence-corrected chi connectivity index (χ1v) is 10.7. The molecule has 9 heteroatoms. The Balaban J connectivity index is 1.23. The van der Waals surface area contributed by atoms with Gasteiger partial charge in [-0.2, -0.15) is 10.2 Å². The molecule has 32 heavy (non-hydrogen) atoms. The van der Waals surface area contributed by atoms with Crippen LogP contribution in [-0.4, -0.2) is 61.8 Å². The Morgan fingerprint density at radius 3 is 2.50 bits per heavy atom. The number of carbonyl (C=O) groups excluding carboxylic acids is 1. The van der Waals surface area contributed by atoms with Crippen LogP contribution in [0.2, 0.25) is 0 Å². The molecule has 1 saturated heterocycles. The van der Waals surface area contributed by atoms with E-state index in [9.17, 15) is 4.79 Å². The molecule has 4 aromatic rings. The number of hydrogen-bond acceptors (Lipinski definition) is 6. The number of anilines is 1. The van der Waals surface area contributed by atoms with Crippen molar-refractivity contribution in [1.82, 2.24) is 29.5 Å². The molecule has 0 aliphatic carbocycles. The summed E-state index contributed by atoms with van der Waals surface area (Å²) in [6.07, 6.45) is 5.00. The van der Waals surface area contributed by atoms with Gasteiger partial charge in [0.25, 0.3) is 0 Å². The van der Waals surface area contributed by atoms with Gasteiger partial charge in [0.05, 0.1) is 23.8 Å². The molecule has 5 rings (SSSR count). The number of aryl methyl sites for hydroxylation is 1. The summed E-state index contributed by atoms with van der Waals surface area (Å²) >= 11 is 0. The van der Waals surface area contributed by atoms with Gasteiger partial charge in [-0.25, -0.2) is 4.79 Å². The van der Waals surface area contributed by atoms with Gasteiger partial charge in [0.15, 0.2) is 0 Å². The van der Waals surface area contributed by atoms with Gasteiger partial charge in [0, 0.05) is 45.0 Å². The molecule has 1 aliphatic heterocycles. The zero-order chi connectivity index (χ0) is 22.1. The normalized spacial score (nSPS) is 15.2. The van der Waals surface area contributed by atoms with Gasteiger partial charge in [-0.3, -0.25) is 4.68 Å². The fourth-order valence-electron chi connectivity index (χ4n) is 3.96.